The number of aromatic nitrogens is 1. The first-order valence-corrected chi connectivity index (χ1v) is 7.31. The Balaban J connectivity index is 2.19. The Morgan fingerprint density at radius 2 is 1.96 bits per heavy atom. The van der Waals surface area contributed by atoms with Gasteiger partial charge in [-0.3, -0.25) is 4.98 Å². The molecule has 1 aromatic heterocycles. The number of carboxylic acids is 1. The first-order valence-electron chi connectivity index (χ1n) is 7.31. The number of carboxylic acid groups (broad SMARTS) is 1. The Morgan fingerprint density at radius 3 is 2.61 bits per heavy atom. The van der Waals surface area contributed by atoms with Gasteiger partial charge < -0.3 is 15.2 Å². The second-order valence-electron chi connectivity index (χ2n) is 6.22. The van der Waals surface area contributed by atoms with Crippen LogP contribution in [0.15, 0.2) is 36.5 Å². The molecule has 0 aliphatic heterocycles. The number of rotatable bonds is 4. The van der Waals surface area contributed by atoms with Gasteiger partial charge in [0.2, 0.25) is 0 Å². The van der Waals surface area contributed by atoms with E-state index in [1.54, 1.807) is 27.0 Å². The van der Waals surface area contributed by atoms with Crippen LogP contribution >= 0.6 is 0 Å². The zero-order valence-corrected chi connectivity index (χ0v) is 13.4. The van der Waals surface area contributed by atoms with Gasteiger partial charge in [-0.25, -0.2) is 9.59 Å². The number of nitrogens with zero attached hydrogens (tertiary/aromatic N) is 1. The van der Waals surface area contributed by atoms with Gasteiger partial charge in [0.25, 0.3) is 0 Å². The van der Waals surface area contributed by atoms with Gasteiger partial charge in [-0.2, -0.15) is 0 Å². The average molecular weight is 316 g/mol. The Bertz CT molecular complexity index is 717. The molecule has 2 N–H and O–H groups in total. The standard InChI is InChI=1S/C17H20N2O4/c1-17(2,3)23-16(22)19-14(15(20)21)10-13-12-7-5-4-6-11(12)8-9-18-13/h4-9,14H,10H2,1-3H3,(H,19,22)(H,20,21)/t14-/m0/s1. The lowest BCUT2D eigenvalue weighted by molar-refractivity contribution is -0.139. The molecule has 0 saturated carbocycles. The summed E-state index contributed by atoms with van der Waals surface area (Å²) in [4.78, 5) is 27.5. The number of hydrogen-bond acceptors (Lipinski definition) is 4. The van der Waals surface area contributed by atoms with Gasteiger partial charge in [-0.15, -0.1) is 0 Å². The molecule has 6 nitrogen and oxygen atoms in total. The van der Waals surface area contributed by atoms with Crippen molar-refractivity contribution in [1.82, 2.24) is 10.3 Å². The highest BCUT2D eigenvalue weighted by molar-refractivity contribution is 5.86. The summed E-state index contributed by atoms with van der Waals surface area (Å²) in [5.41, 5.74) is -0.0725. The third-order valence-electron chi connectivity index (χ3n) is 3.14. The van der Waals surface area contributed by atoms with Crippen molar-refractivity contribution < 1.29 is 19.4 Å². The predicted octanol–water partition coefficient (Wildman–Crippen LogP) is 2.76. The Hall–Kier alpha value is -2.63. The monoisotopic (exact) mass is 316 g/mol. The van der Waals surface area contributed by atoms with Crippen molar-refractivity contribution in [2.24, 2.45) is 0 Å². The summed E-state index contributed by atoms with van der Waals surface area (Å²) in [6.45, 7) is 5.15. The number of carbonyl (C=O) groups excluding carboxylic acids is 1. The number of nitrogens with one attached hydrogen (secondary N) is 1. The molecule has 0 radical (unpaired) electrons. The molecule has 0 aliphatic carbocycles. The maximum Gasteiger partial charge on any atom is 0.408 e. The Labute approximate surface area is 134 Å². The van der Waals surface area contributed by atoms with Crippen LogP contribution in [-0.4, -0.2) is 33.8 Å². The quantitative estimate of drug-likeness (QED) is 0.905. The fourth-order valence-corrected chi connectivity index (χ4v) is 2.19. The maximum absolute atomic E-state index is 11.8. The van der Waals surface area contributed by atoms with Crippen molar-refractivity contribution in [2.75, 3.05) is 0 Å². The minimum Gasteiger partial charge on any atom is -0.480 e. The van der Waals surface area contributed by atoms with E-state index in [0.717, 1.165) is 10.8 Å². The van der Waals surface area contributed by atoms with E-state index in [1.807, 2.05) is 30.3 Å². The number of hydrogen-bond donors (Lipinski definition) is 2. The molecule has 0 aliphatic rings. The van der Waals surface area contributed by atoms with E-state index >= 15 is 0 Å². The van der Waals surface area contributed by atoms with Crippen LogP contribution in [-0.2, 0) is 16.0 Å². The summed E-state index contributed by atoms with van der Waals surface area (Å²) in [5, 5.41) is 13.6. The van der Waals surface area contributed by atoms with E-state index in [2.05, 4.69) is 10.3 Å². The van der Waals surface area contributed by atoms with E-state index in [4.69, 9.17) is 4.74 Å². The lowest BCUT2D eigenvalue weighted by atomic mass is 10.0. The number of ether oxygens (including phenoxy) is 1. The van der Waals surface area contributed by atoms with Gasteiger partial charge in [0, 0.05) is 18.0 Å². The molecule has 23 heavy (non-hydrogen) atoms. The molecule has 0 bridgehead atoms. The van der Waals surface area contributed by atoms with E-state index in [0.29, 0.717) is 5.69 Å². The van der Waals surface area contributed by atoms with Crippen LogP contribution in [0.2, 0.25) is 0 Å². The molecule has 0 fully saturated rings. The molecule has 6 heteroatoms. The van der Waals surface area contributed by atoms with E-state index in [1.165, 1.54) is 0 Å². The summed E-state index contributed by atoms with van der Waals surface area (Å²) < 4.78 is 5.11. The molecule has 122 valence electrons. The molecule has 2 aromatic rings. The van der Waals surface area contributed by atoms with E-state index in [9.17, 15) is 14.7 Å². The third kappa shape index (κ3) is 4.67. The van der Waals surface area contributed by atoms with Crippen LogP contribution in [0.4, 0.5) is 4.79 Å². The predicted molar refractivity (Wildman–Crippen MR) is 86.2 cm³/mol. The summed E-state index contributed by atoms with van der Waals surface area (Å²) in [6, 6.07) is 8.32. The second-order valence-corrected chi connectivity index (χ2v) is 6.22. The molecule has 1 aromatic carbocycles. The zero-order chi connectivity index (χ0) is 17.0. The van der Waals surface area contributed by atoms with E-state index in [-0.39, 0.29) is 6.42 Å². The Morgan fingerprint density at radius 1 is 1.26 bits per heavy atom. The SMILES string of the molecule is CC(C)(C)OC(=O)N[C@@H](Cc1nccc2ccccc12)C(=O)O. The molecule has 1 amide bonds. The van der Waals surface area contributed by atoms with Crippen LogP contribution in [0.1, 0.15) is 26.5 Å². The third-order valence-corrected chi connectivity index (χ3v) is 3.14. The van der Waals surface area contributed by atoms with Gasteiger partial charge in [0.1, 0.15) is 11.6 Å². The minimum absolute atomic E-state index is 0.0793. The normalized spacial score (nSPS) is 12.7. The minimum atomic E-state index is -1.13. The van der Waals surface area contributed by atoms with Crippen LogP contribution in [0.5, 0.6) is 0 Å². The van der Waals surface area contributed by atoms with E-state index < -0.39 is 23.7 Å². The van der Waals surface area contributed by atoms with Gasteiger partial charge >= 0.3 is 12.1 Å². The lowest BCUT2D eigenvalue weighted by Gasteiger charge is -2.22. The first-order chi connectivity index (χ1) is 10.8. The number of carbonyl (C=O) groups is 2. The highest BCUT2D eigenvalue weighted by Crippen LogP contribution is 2.18. The van der Waals surface area contributed by atoms with Crippen molar-refractivity contribution in [3.8, 4) is 0 Å². The maximum atomic E-state index is 11.8. The number of benzene rings is 1. The van der Waals surface area contributed by atoms with Gasteiger partial charge in [-0.05, 0) is 32.2 Å². The smallest absolute Gasteiger partial charge is 0.408 e. The molecular formula is C17H20N2O4. The van der Waals surface area contributed by atoms with Crippen molar-refractivity contribution in [1.29, 1.82) is 0 Å². The highest BCUT2D eigenvalue weighted by atomic mass is 16.6. The van der Waals surface area contributed by atoms with Gasteiger partial charge in [0.05, 0.1) is 5.69 Å². The summed E-state index contributed by atoms with van der Waals surface area (Å²) in [7, 11) is 0. The topological polar surface area (TPSA) is 88.5 Å². The molecule has 0 unspecified atom stereocenters. The fraction of sp³-hybridized carbons (Fsp3) is 0.353. The zero-order valence-electron chi connectivity index (χ0n) is 13.4. The molecule has 1 heterocycles. The fourth-order valence-electron chi connectivity index (χ4n) is 2.19. The summed E-state index contributed by atoms with van der Waals surface area (Å²) in [6.07, 6.45) is 0.949. The van der Waals surface area contributed by atoms with Gasteiger partial charge in [-0.1, -0.05) is 24.3 Å². The van der Waals surface area contributed by atoms with Crippen LogP contribution in [0.25, 0.3) is 10.8 Å². The lowest BCUT2D eigenvalue weighted by Crippen LogP contribution is -2.44. The first kappa shape index (κ1) is 16.7. The van der Waals surface area contributed by atoms with Crippen molar-refractivity contribution >= 4 is 22.8 Å². The van der Waals surface area contributed by atoms with Crippen molar-refractivity contribution in [2.45, 2.75) is 38.8 Å². The van der Waals surface area contributed by atoms with Crippen LogP contribution in [0.3, 0.4) is 0 Å². The average Bonchev–Trinajstić information content (AvgIpc) is 2.44. The number of amides is 1. The van der Waals surface area contributed by atoms with Crippen molar-refractivity contribution in [3.05, 3.63) is 42.2 Å². The summed E-state index contributed by atoms with van der Waals surface area (Å²) in [5.74, 6) is -1.13. The van der Waals surface area contributed by atoms with Crippen LogP contribution < -0.4 is 5.32 Å². The number of alkyl carbamates (subject to hydrolysis) is 1. The second kappa shape index (κ2) is 6.64. The molecule has 2 rings (SSSR count). The summed E-state index contributed by atoms with van der Waals surface area (Å²) >= 11 is 0. The molecular weight excluding hydrogens is 296 g/mol. The highest BCUT2D eigenvalue weighted by Gasteiger charge is 2.25. The number of fused-ring (bicyclic) bond motifs is 1. The van der Waals surface area contributed by atoms with Gasteiger partial charge in [0.15, 0.2) is 0 Å². The largest absolute Gasteiger partial charge is 0.480 e. The number of pyridine rings is 1. The van der Waals surface area contributed by atoms with Crippen molar-refractivity contribution in [3.63, 3.8) is 0 Å². The van der Waals surface area contributed by atoms with Crippen LogP contribution in [0, 0.1) is 0 Å². The Kier molecular flexibility index (Phi) is 4.83. The molecule has 1 atom stereocenters. The number of aliphatic carboxylic acids is 1. The molecule has 0 saturated heterocycles. The molecule has 0 spiro atoms.